The van der Waals surface area contributed by atoms with Gasteiger partial charge in [-0.25, -0.2) is 0 Å². The van der Waals surface area contributed by atoms with E-state index in [1.165, 1.54) is 12.1 Å². The van der Waals surface area contributed by atoms with Crippen LogP contribution in [-0.2, 0) is 23.9 Å². The number of hydrogen-bond acceptors (Lipinski definition) is 4. The van der Waals surface area contributed by atoms with Gasteiger partial charge in [0.05, 0.1) is 5.56 Å². The van der Waals surface area contributed by atoms with Crippen LogP contribution in [0.5, 0.6) is 0 Å². The molecule has 0 aliphatic heterocycles. The molecule has 1 amide bonds. The third-order valence-electron chi connectivity index (χ3n) is 4.17. The number of nitrogens with zero attached hydrogens (tertiary/aromatic N) is 2. The van der Waals surface area contributed by atoms with Gasteiger partial charge in [-0.05, 0) is 17.7 Å². The summed E-state index contributed by atoms with van der Waals surface area (Å²) >= 11 is 0. The number of amides is 1. The van der Waals surface area contributed by atoms with Crippen molar-refractivity contribution >= 4 is 5.91 Å². The first-order valence-electron chi connectivity index (χ1n) is 8.77. The van der Waals surface area contributed by atoms with Gasteiger partial charge < -0.3 is 10.3 Å². The molecular formula is C20H17F3N4O2. The van der Waals surface area contributed by atoms with Crippen LogP contribution in [0.1, 0.15) is 23.2 Å². The summed E-state index contributed by atoms with van der Waals surface area (Å²) in [4.78, 5) is 26.6. The molecule has 0 aliphatic rings. The molecule has 3 rings (SSSR count). The van der Waals surface area contributed by atoms with Crippen LogP contribution < -0.4 is 10.9 Å². The molecule has 0 unspecified atom stereocenters. The molecule has 1 aromatic heterocycles. The molecule has 9 heteroatoms. The summed E-state index contributed by atoms with van der Waals surface area (Å²) in [7, 11) is 0. The molecule has 0 saturated carbocycles. The van der Waals surface area contributed by atoms with Crippen LogP contribution in [0.3, 0.4) is 0 Å². The minimum atomic E-state index is -4.44. The van der Waals surface area contributed by atoms with Crippen molar-refractivity contribution in [2.24, 2.45) is 0 Å². The van der Waals surface area contributed by atoms with Gasteiger partial charge in [-0.1, -0.05) is 42.5 Å². The van der Waals surface area contributed by atoms with Crippen LogP contribution in [-0.4, -0.2) is 21.1 Å². The van der Waals surface area contributed by atoms with Crippen molar-refractivity contribution in [3.63, 3.8) is 0 Å². The summed E-state index contributed by atoms with van der Waals surface area (Å²) in [5, 5.41) is 10.4. The first-order chi connectivity index (χ1) is 13.8. The number of aromatic amines is 1. The smallest absolute Gasteiger partial charge is 0.352 e. The van der Waals surface area contributed by atoms with E-state index in [0.717, 1.165) is 17.7 Å². The summed E-state index contributed by atoms with van der Waals surface area (Å²) < 4.78 is 37.9. The summed E-state index contributed by atoms with van der Waals surface area (Å²) in [5.41, 5.74) is 0.00473. The standard InChI is InChI=1S/C20H17F3N4O2/c21-20(22,23)15-8-6-14(7-9-15)18-25-19(29)16(26-27-18)10-11-17(28)24-12-13-4-2-1-3-5-13/h1-9H,10-12H2,(H,24,28)(H,25,27,29). The summed E-state index contributed by atoms with van der Waals surface area (Å²) in [6.07, 6.45) is -4.29. The maximum absolute atomic E-state index is 12.6. The lowest BCUT2D eigenvalue weighted by molar-refractivity contribution is -0.137. The number of benzene rings is 2. The predicted octanol–water partition coefficient (Wildman–Crippen LogP) is 3.10. The molecule has 0 bridgehead atoms. The Bertz CT molecular complexity index is 1030. The van der Waals surface area contributed by atoms with Crippen molar-refractivity contribution in [1.29, 1.82) is 0 Å². The van der Waals surface area contributed by atoms with E-state index in [2.05, 4.69) is 20.5 Å². The summed E-state index contributed by atoms with van der Waals surface area (Å²) in [6, 6.07) is 13.6. The van der Waals surface area contributed by atoms with E-state index in [0.29, 0.717) is 12.1 Å². The average molecular weight is 402 g/mol. The topological polar surface area (TPSA) is 87.7 Å². The quantitative estimate of drug-likeness (QED) is 0.663. The van der Waals surface area contributed by atoms with Crippen molar-refractivity contribution in [3.8, 4) is 11.4 Å². The Kier molecular flexibility index (Phi) is 6.06. The Morgan fingerprint density at radius 1 is 1.00 bits per heavy atom. The number of hydrogen-bond donors (Lipinski definition) is 2. The van der Waals surface area contributed by atoms with Gasteiger partial charge >= 0.3 is 6.18 Å². The van der Waals surface area contributed by atoms with Crippen molar-refractivity contribution in [3.05, 3.63) is 81.8 Å². The van der Waals surface area contributed by atoms with Gasteiger partial charge in [0.1, 0.15) is 5.69 Å². The number of aryl methyl sites for hydroxylation is 1. The highest BCUT2D eigenvalue weighted by atomic mass is 19.4. The molecule has 0 saturated heterocycles. The van der Waals surface area contributed by atoms with Gasteiger partial charge in [-0.2, -0.15) is 13.2 Å². The average Bonchev–Trinajstić information content (AvgIpc) is 2.71. The second-order valence-electron chi connectivity index (χ2n) is 6.29. The first kappa shape index (κ1) is 20.2. The molecule has 2 N–H and O–H groups in total. The third-order valence-corrected chi connectivity index (χ3v) is 4.17. The van der Waals surface area contributed by atoms with E-state index >= 15 is 0 Å². The molecule has 0 spiro atoms. The third kappa shape index (κ3) is 5.50. The van der Waals surface area contributed by atoms with Crippen molar-refractivity contribution in [2.75, 3.05) is 0 Å². The minimum Gasteiger partial charge on any atom is -0.352 e. The monoisotopic (exact) mass is 402 g/mol. The maximum atomic E-state index is 12.6. The molecule has 0 aliphatic carbocycles. The molecule has 6 nitrogen and oxygen atoms in total. The number of alkyl halides is 3. The first-order valence-corrected chi connectivity index (χ1v) is 8.77. The predicted molar refractivity (Wildman–Crippen MR) is 99.7 cm³/mol. The SMILES string of the molecule is O=C(CCc1nnc(-c2ccc(C(F)(F)F)cc2)[nH]c1=O)NCc1ccccc1. The highest BCUT2D eigenvalue weighted by molar-refractivity contribution is 5.76. The van der Waals surface area contributed by atoms with Crippen molar-refractivity contribution in [1.82, 2.24) is 20.5 Å². The maximum Gasteiger partial charge on any atom is 0.416 e. The zero-order chi connectivity index (χ0) is 20.9. The highest BCUT2D eigenvalue weighted by Gasteiger charge is 2.30. The van der Waals surface area contributed by atoms with Crippen LogP contribution in [0.25, 0.3) is 11.4 Å². The number of nitrogens with one attached hydrogen (secondary N) is 2. The second-order valence-corrected chi connectivity index (χ2v) is 6.29. The lowest BCUT2D eigenvalue weighted by atomic mass is 10.1. The van der Waals surface area contributed by atoms with E-state index in [1.807, 2.05) is 30.3 Å². The largest absolute Gasteiger partial charge is 0.416 e. The van der Waals surface area contributed by atoms with Crippen LogP contribution in [0.2, 0.25) is 0 Å². The molecular weight excluding hydrogens is 385 g/mol. The zero-order valence-electron chi connectivity index (χ0n) is 15.2. The molecule has 0 fully saturated rings. The molecule has 3 aromatic rings. The van der Waals surface area contributed by atoms with Crippen molar-refractivity contribution < 1.29 is 18.0 Å². The Hall–Kier alpha value is -3.49. The van der Waals surface area contributed by atoms with Gasteiger partial charge in [0.25, 0.3) is 5.56 Å². The van der Waals surface area contributed by atoms with Gasteiger partial charge in [-0.15, -0.1) is 10.2 Å². The van der Waals surface area contributed by atoms with Crippen LogP contribution in [0.4, 0.5) is 13.2 Å². The molecule has 0 radical (unpaired) electrons. The minimum absolute atomic E-state index is 0.0565. The molecule has 2 aromatic carbocycles. The van der Waals surface area contributed by atoms with Crippen LogP contribution >= 0.6 is 0 Å². The highest BCUT2D eigenvalue weighted by Crippen LogP contribution is 2.30. The van der Waals surface area contributed by atoms with E-state index < -0.39 is 17.3 Å². The van der Waals surface area contributed by atoms with E-state index in [-0.39, 0.29) is 30.3 Å². The zero-order valence-corrected chi connectivity index (χ0v) is 15.2. The van der Waals surface area contributed by atoms with Crippen molar-refractivity contribution in [2.45, 2.75) is 25.6 Å². The number of halogens is 3. The Balaban J connectivity index is 1.59. The van der Waals surface area contributed by atoms with E-state index in [1.54, 1.807) is 0 Å². The number of rotatable bonds is 6. The second kappa shape index (κ2) is 8.68. The van der Waals surface area contributed by atoms with Gasteiger partial charge in [0.2, 0.25) is 5.91 Å². The normalized spacial score (nSPS) is 11.3. The fraction of sp³-hybridized carbons (Fsp3) is 0.200. The number of carbonyl (C=O) groups is 1. The van der Waals surface area contributed by atoms with E-state index in [9.17, 15) is 22.8 Å². The van der Waals surface area contributed by atoms with Crippen LogP contribution in [0, 0.1) is 0 Å². The van der Waals surface area contributed by atoms with Gasteiger partial charge in [0.15, 0.2) is 5.82 Å². The van der Waals surface area contributed by atoms with Crippen LogP contribution in [0.15, 0.2) is 59.4 Å². The fourth-order valence-corrected chi connectivity index (χ4v) is 2.59. The van der Waals surface area contributed by atoms with E-state index in [4.69, 9.17) is 0 Å². The molecule has 1 heterocycles. The number of carbonyl (C=O) groups excluding carboxylic acids is 1. The Morgan fingerprint density at radius 3 is 2.31 bits per heavy atom. The number of H-pyrrole nitrogens is 1. The molecule has 0 atom stereocenters. The summed E-state index contributed by atoms with van der Waals surface area (Å²) in [5.74, 6) is -0.178. The molecule has 150 valence electrons. The van der Waals surface area contributed by atoms with Gasteiger partial charge in [-0.3, -0.25) is 9.59 Å². The lowest BCUT2D eigenvalue weighted by Crippen LogP contribution is -2.25. The lowest BCUT2D eigenvalue weighted by Gasteiger charge is -2.07. The Labute approximate surface area is 163 Å². The Morgan fingerprint density at radius 2 is 1.69 bits per heavy atom. The summed E-state index contributed by atoms with van der Waals surface area (Å²) in [6.45, 7) is 0.383. The van der Waals surface area contributed by atoms with Gasteiger partial charge in [0, 0.05) is 24.9 Å². The number of aromatic nitrogens is 3. The fourth-order valence-electron chi connectivity index (χ4n) is 2.59. The molecule has 29 heavy (non-hydrogen) atoms.